The third kappa shape index (κ3) is 2.91. The Morgan fingerprint density at radius 1 is 1.33 bits per heavy atom. The lowest BCUT2D eigenvalue weighted by Gasteiger charge is -2.14. The molecule has 3 N–H and O–H groups in total. The van der Waals surface area contributed by atoms with Crippen molar-refractivity contribution in [2.24, 2.45) is 0 Å². The van der Waals surface area contributed by atoms with Crippen molar-refractivity contribution in [3.8, 4) is 0 Å². The number of hydrogen-bond acceptors (Lipinski definition) is 3. The van der Waals surface area contributed by atoms with Crippen molar-refractivity contribution in [3.63, 3.8) is 0 Å². The zero-order valence-electron chi connectivity index (χ0n) is 9.81. The number of rotatable bonds is 3. The number of nitrogen functional groups attached to an aromatic ring is 1. The molecule has 0 aliphatic heterocycles. The number of nitrogens with two attached hydrogens (primary N) is 1. The average Bonchev–Trinajstić information content (AvgIpc) is 2.76. The van der Waals surface area contributed by atoms with E-state index in [1.54, 1.807) is 0 Å². The summed E-state index contributed by atoms with van der Waals surface area (Å²) in [7, 11) is 0. The minimum atomic E-state index is -0.0683. The second kappa shape index (κ2) is 5.54. The number of thiophene rings is 1. The lowest BCUT2D eigenvalue weighted by Crippen LogP contribution is -2.26. The molecular formula is C13H13BrN2OS. The van der Waals surface area contributed by atoms with Gasteiger partial charge in [0, 0.05) is 10.2 Å². The van der Waals surface area contributed by atoms with Gasteiger partial charge in [0.05, 0.1) is 6.04 Å². The van der Waals surface area contributed by atoms with Gasteiger partial charge < -0.3 is 11.1 Å². The summed E-state index contributed by atoms with van der Waals surface area (Å²) in [6.45, 7) is 1.95. The van der Waals surface area contributed by atoms with Gasteiger partial charge in [0.25, 0.3) is 5.91 Å². The molecule has 0 bridgehead atoms. The molecule has 0 fully saturated rings. The molecule has 3 nitrogen and oxygen atoms in total. The minimum Gasteiger partial charge on any atom is -0.399 e. The van der Waals surface area contributed by atoms with Crippen molar-refractivity contribution in [2.75, 3.05) is 5.73 Å². The topological polar surface area (TPSA) is 55.1 Å². The summed E-state index contributed by atoms with van der Waals surface area (Å²) in [6.07, 6.45) is 0. The number of halogens is 1. The maximum absolute atomic E-state index is 12.0. The molecule has 1 unspecified atom stereocenters. The van der Waals surface area contributed by atoms with Crippen molar-refractivity contribution < 1.29 is 4.79 Å². The van der Waals surface area contributed by atoms with E-state index in [0.29, 0.717) is 4.88 Å². The zero-order valence-corrected chi connectivity index (χ0v) is 12.2. The molecule has 1 aromatic heterocycles. The van der Waals surface area contributed by atoms with Gasteiger partial charge in [-0.2, -0.15) is 0 Å². The molecule has 1 amide bonds. The molecule has 0 radical (unpaired) electrons. The van der Waals surface area contributed by atoms with Gasteiger partial charge in [0.1, 0.15) is 4.88 Å². The largest absolute Gasteiger partial charge is 0.399 e. The minimum absolute atomic E-state index is 0.0490. The SMILES string of the molecule is CC(NC(=O)c1sccc1Br)c1ccc(N)cc1. The fourth-order valence-electron chi connectivity index (χ4n) is 1.59. The first-order valence-electron chi connectivity index (χ1n) is 5.47. The Bertz CT molecular complexity index is 550. The summed E-state index contributed by atoms with van der Waals surface area (Å²) < 4.78 is 0.828. The van der Waals surface area contributed by atoms with E-state index in [2.05, 4.69) is 21.2 Å². The second-order valence-electron chi connectivity index (χ2n) is 3.96. The van der Waals surface area contributed by atoms with E-state index in [4.69, 9.17) is 5.73 Å². The summed E-state index contributed by atoms with van der Waals surface area (Å²) in [4.78, 5) is 12.7. The van der Waals surface area contributed by atoms with Crippen LogP contribution in [0, 0.1) is 0 Å². The Morgan fingerprint density at radius 3 is 2.56 bits per heavy atom. The van der Waals surface area contributed by atoms with Crippen LogP contribution >= 0.6 is 27.3 Å². The van der Waals surface area contributed by atoms with Gasteiger partial charge in [-0.1, -0.05) is 12.1 Å². The van der Waals surface area contributed by atoms with Gasteiger partial charge in [0.2, 0.25) is 0 Å². The number of nitrogens with one attached hydrogen (secondary N) is 1. The molecule has 18 heavy (non-hydrogen) atoms. The number of carbonyl (C=O) groups excluding carboxylic acids is 1. The van der Waals surface area contributed by atoms with Crippen molar-refractivity contribution in [3.05, 3.63) is 50.6 Å². The maximum atomic E-state index is 12.0. The first-order chi connectivity index (χ1) is 8.58. The number of amides is 1. The standard InChI is InChI=1S/C13H13BrN2OS/c1-8(9-2-4-10(15)5-3-9)16-13(17)12-11(14)6-7-18-12/h2-8H,15H2,1H3,(H,16,17). The highest BCUT2D eigenvalue weighted by molar-refractivity contribution is 9.10. The van der Waals surface area contributed by atoms with Crippen LogP contribution in [0.15, 0.2) is 40.2 Å². The van der Waals surface area contributed by atoms with Gasteiger partial charge in [0.15, 0.2) is 0 Å². The van der Waals surface area contributed by atoms with E-state index >= 15 is 0 Å². The summed E-state index contributed by atoms with van der Waals surface area (Å²) in [6, 6.07) is 9.33. The first kappa shape index (κ1) is 13.1. The quantitative estimate of drug-likeness (QED) is 0.848. The molecule has 1 atom stereocenters. The Hall–Kier alpha value is -1.33. The van der Waals surface area contributed by atoms with Crippen LogP contribution in [-0.4, -0.2) is 5.91 Å². The molecule has 2 aromatic rings. The third-order valence-corrected chi connectivity index (χ3v) is 4.44. The molecule has 1 aromatic carbocycles. The van der Waals surface area contributed by atoms with Gasteiger partial charge >= 0.3 is 0 Å². The van der Waals surface area contributed by atoms with Crippen LogP contribution in [0.25, 0.3) is 0 Å². The van der Waals surface area contributed by atoms with E-state index in [-0.39, 0.29) is 11.9 Å². The monoisotopic (exact) mass is 324 g/mol. The predicted molar refractivity (Wildman–Crippen MR) is 78.8 cm³/mol. The third-order valence-electron chi connectivity index (χ3n) is 2.61. The highest BCUT2D eigenvalue weighted by atomic mass is 79.9. The van der Waals surface area contributed by atoms with Gasteiger partial charge in [-0.3, -0.25) is 4.79 Å². The molecule has 94 valence electrons. The molecule has 0 spiro atoms. The highest BCUT2D eigenvalue weighted by Gasteiger charge is 2.14. The normalized spacial score (nSPS) is 12.1. The van der Waals surface area contributed by atoms with Crippen LogP contribution in [0.3, 0.4) is 0 Å². The molecule has 0 saturated heterocycles. The zero-order chi connectivity index (χ0) is 13.1. The van der Waals surface area contributed by atoms with E-state index < -0.39 is 0 Å². The molecule has 0 aliphatic rings. The Kier molecular flexibility index (Phi) is 4.04. The molecule has 2 rings (SSSR count). The predicted octanol–water partition coefficient (Wildman–Crippen LogP) is 3.58. The van der Waals surface area contributed by atoms with Crippen molar-refractivity contribution in [2.45, 2.75) is 13.0 Å². The fourth-order valence-corrected chi connectivity index (χ4v) is 3.04. The molecule has 5 heteroatoms. The number of anilines is 1. The van der Waals surface area contributed by atoms with Crippen LogP contribution in [-0.2, 0) is 0 Å². The fraction of sp³-hybridized carbons (Fsp3) is 0.154. The lowest BCUT2D eigenvalue weighted by atomic mass is 10.1. The highest BCUT2D eigenvalue weighted by Crippen LogP contribution is 2.23. The maximum Gasteiger partial charge on any atom is 0.262 e. The summed E-state index contributed by atoms with van der Waals surface area (Å²) in [5, 5.41) is 4.84. The van der Waals surface area contributed by atoms with Crippen molar-refractivity contribution in [1.82, 2.24) is 5.32 Å². The van der Waals surface area contributed by atoms with Gasteiger partial charge in [-0.15, -0.1) is 11.3 Å². The van der Waals surface area contributed by atoms with Crippen LogP contribution in [0.5, 0.6) is 0 Å². The first-order valence-corrected chi connectivity index (χ1v) is 7.14. The molecule has 0 aliphatic carbocycles. The lowest BCUT2D eigenvalue weighted by molar-refractivity contribution is 0.0943. The molecule has 0 saturated carbocycles. The number of carbonyl (C=O) groups is 1. The van der Waals surface area contributed by atoms with E-state index in [0.717, 1.165) is 15.7 Å². The van der Waals surface area contributed by atoms with Gasteiger partial charge in [-0.05, 0) is 52.0 Å². The van der Waals surface area contributed by atoms with Crippen LogP contribution in [0.1, 0.15) is 28.2 Å². The van der Waals surface area contributed by atoms with Crippen molar-refractivity contribution >= 4 is 38.9 Å². The van der Waals surface area contributed by atoms with Gasteiger partial charge in [-0.25, -0.2) is 0 Å². The van der Waals surface area contributed by atoms with E-state index in [1.165, 1.54) is 11.3 Å². The molecule has 1 heterocycles. The van der Waals surface area contributed by atoms with E-state index in [9.17, 15) is 4.79 Å². The Balaban J connectivity index is 2.08. The average molecular weight is 325 g/mol. The summed E-state index contributed by atoms with van der Waals surface area (Å²) in [5.74, 6) is -0.0683. The second-order valence-corrected chi connectivity index (χ2v) is 5.73. The van der Waals surface area contributed by atoms with Crippen LogP contribution in [0.2, 0.25) is 0 Å². The smallest absolute Gasteiger partial charge is 0.262 e. The molecular weight excluding hydrogens is 312 g/mol. The van der Waals surface area contributed by atoms with E-state index in [1.807, 2.05) is 42.6 Å². The van der Waals surface area contributed by atoms with Crippen molar-refractivity contribution in [1.29, 1.82) is 0 Å². The van der Waals surface area contributed by atoms with Crippen LogP contribution in [0.4, 0.5) is 5.69 Å². The van der Waals surface area contributed by atoms with Crippen LogP contribution < -0.4 is 11.1 Å². The summed E-state index contributed by atoms with van der Waals surface area (Å²) >= 11 is 4.77. The summed E-state index contributed by atoms with van der Waals surface area (Å²) in [5.41, 5.74) is 7.39. The Labute approximate surface area is 118 Å². The Morgan fingerprint density at radius 2 is 2.00 bits per heavy atom. The number of benzene rings is 1. The number of hydrogen-bond donors (Lipinski definition) is 2.